The average Bonchev–Trinajstić information content (AvgIpc) is 3.16. The van der Waals surface area contributed by atoms with Crippen LogP contribution in [0.3, 0.4) is 0 Å². The van der Waals surface area contributed by atoms with Crippen molar-refractivity contribution in [1.29, 1.82) is 0 Å². The molecule has 0 bridgehead atoms. The molecule has 1 N–H and O–H groups in total. The second kappa shape index (κ2) is 8.78. The SMILES string of the molecule is Cc1ccc2cc(CN(C)CC(O)COCc3ccc4c(c3)OCO4)ccc2n1. The Hall–Kier alpha value is -2.67. The predicted octanol–water partition coefficient (Wildman–Crippen LogP) is 3.28. The Morgan fingerprint density at radius 2 is 1.90 bits per heavy atom. The number of benzene rings is 2. The molecule has 6 heteroatoms. The van der Waals surface area contributed by atoms with Crippen molar-refractivity contribution in [3.8, 4) is 11.5 Å². The van der Waals surface area contributed by atoms with Crippen LogP contribution in [0.25, 0.3) is 10.9 Å². The van der Waals surface area contributed by atoms with Crippen LogP contribution in [-0.2, 0) is 17.9 Å². The van der Waals surface area contributed by atoms with Gasteiger partial charge in [-0.1, -0.05) is 18.2 Å². The number of hydrogen-bond acceptors (Lipinski definition) is 6. The Morgan fingerprint density at radius 1 is 1.07 bits per heavy atom. The lowest BCUT2D eigenvalue weighted by Crippen LogP contribution is -2.31. The molecular formula is C23H26N2O4. The summed E-state index contributed by atoms with van der Waals surface area (Å²) in [4.78, 5) is 6.63. The lowest BCUT2D eigenvalue weighted by molar-refractivity contribution is 0.0127. The van der Waals surface area contributed by atoms with Crippen LogP contribution in [0.5, 0.6) is 11.5 Å². The van der Waals surface area contributed by atoms with Gasteiger partial charge in [0.05, 0.1) is 24.8 Å². The third-order valence-corrected chi connectivity index (χ3v) is 4.88. The molecule has 29 heavy (non-hydrogen) atoms. The molecule has 1 aliphatic rings. The largest absolute Gasteiger partial charge is 0.454 e. The van der Waals surface area contributed by atoms with Crippen LogP contribution in [0, 0.1) is 6.92 Å². The van der Waals surface area contributed by atoms with Crippen molar-refractivity contribution in [1.82, 2.24) is 9.88 Å². The summed E-state index contributed by atoms with van der Waals surface area (Å²) >= 11 is 0. The molecule has 0 aliphatic carbocycles. The second-order valence-corrected chi connectivity index (χ2v) is 7.53. The van der Waals surface area contributed by atoms with Gasteiger partial charge >= 0.3 is 0 Å². The first-order valence-corrected chi connectivity index (χ1v) is 9.76. The molecule has 1 aliphatic heterocycles. The monoisotopic (exact) mass is 394 g/mol. The van der Waals surface area contributed by atoms with Crippen LogP contribution in [0.4, 0.5) is 0 Å². The summed E-state index contributed by atoms with van der Waals surface area (Å²) in [7, 11) is 2.00. The molecule has 6 nitrogen and oxygen atoms in total. The lowest BCUT2D eigenvalue weighted by atomic mass is 10.1. The molecule has 152 valence electrons. The molecule has 0 amide bonds. The fourth-order valence-corrected chi connectivity index (χ4v) is 3.51. The van der Waals surface area contributed by atoms with Gasteiger partial charge in [-0.05, 0) is 55.4 Å². The fourth-order valence-electron chi connectivity index (χ4n) is 3.51. The van der Waals surface area contributed by atoms with Gasteiger partial charge in [0.1, 0.15) is 0 Å². The number of hydrogen-bond donors (Lipinski definition) is 1. The van der Waals surface area contributed by atoms with E-state index in [9.17, 15) is 5.11 Å². The molecule has 0 fully saturated rings. The first kappa shape index (κ1) is 19.6. The number of aromatic nitrogens is 1. The van der Waals surface area contributed by atoms with E-state index in [-0.39, 0.29) is 13.4 Å². The molecular weight excluding hydrogens is 368 g/mol. The number of rotatable bonds is 8. The number of aryl methyl sites for hydroxylation is 1. The van der Waals surface area contributed by atoms with Crippen molar-refractivity contribution in [2.45, 2.75) is 26.2 Å². The highest BCUT2D eigenvalue weighted by atomic mass is 16.7. The first-order chi connectivity index (χ1) is 14.1. The third kappa shape index (κ3) is 5.03. The summed E-state index contributed by atoms with van der Waals surface area (Å²) < 4.78 is 16.4. The molecule has 1 aromatic heterocycles. The van der Waals surface area contributed by atoms with Crippen LogP contribution in [0.1, 0.15) is 16.8 Å². The van der Waals surface area contributed by atoms with Gasteiger partial charge < -0.3 is 19.3 Å². The number of pyridine rings is 1. The van der Waals surface area contributed by atoms with Crippen LogP contribution < -0.4 is 9.47 Å². The van der Waals surface area contributed by atoms with Gasteiger partial charge in [-0.25, -0.2) is 0 Å². The van der Waals surface area contributed by atoms with E-state index < -0.39 is 6.10 Å². The zero-order chi connectivity index (χ0) is 20.2. The fraction of sp³-hybridized carbons (Fsp3) is 0.348. The Kier molecular flexibility index (Phi) is 5.94. The van der Waals surface area contributed by atoms with E-state index in [1.807, 2.05) is 38.2 Å². The summed E-state index contributed by atoms with van der Waals surface area (Å²) in [5.41, 5.74) is 4.22. The second-order valence-electron chi connectivity index (χ2n) is 7.53. The number of aliphatic hydroxyl groups excluding tert-OH is 1. The number of aliphatic hydroxyl groups is 1. The van der Waals surface area contributed by atoms with Crippen LogP contribution in [0.15, 0.2) is 48.5 Å². The lowest BCUT2D eigenvalue weighted by Gasteiger charge is -2.21. The van der Waals surface area contributed by atoms with E-state index in [1.165, 1.54) is 5.56 Å². The van der Waals surface area contributed by atoms with E-state index in [1.54, 1.807) is 0 Å². The average molecular weight is 394 g/mol. The normalized spacial score (nSPS) is 13.9. The minimum atomic E-state index is -0.557. The third-order valence-electron chi connectivity index (χ3n) is 4.88. The van der Waals surface area contributed by atoms with E-state index in [2.05, 4.69) is 34.1 Å². The van der Waals surface area contributed by atoms with Gasteiger partial charge in [-0.2, -0.15) is 0 Å². The van der Waals surface area contributed by atoms with Crippen molar-refractivity contribution in [2.75, 3.05) is 27.0 Å². The van der Waals surface area contributed by atoms with Crippen LogP contribution >= 0.6 is 0 Å². The van der Waals surface area contributed by atoms with Gasteiger partial charge in [0.15, 0.2) is 11.5 Å². The molecule has 2 heterocycles. The maximum Gasteiger partial charge on any atom is 0.231 e. The molecule has 4 rings (SSSR count). The van der Waals surface area contributed by atoms with Crippen molar-refractivity contribution in [3.63, 3.8) is 0 Å². The summed E-state index contributed by atoms with van der Waals surface area (Å²) in [6.07, 6.45) is -0.557. The van der Waals surface area contributed by atoms with E-state index in [0.29, 0.717) is 13.2 Å². The number of ether oxygens (including phenoxy) is 3. The Labute approximate surface area is 170 Å². The minimum absolute atomic E-state index is 0.262. The summed E-state index contributed by atoms with van der Waals surface area (Å²) in [6.45, 7) is 4.25. The molecule has 0 spiro atoms. The Balaban J connectivity index is 1.24. The maximum absolute atomic E-state index is 10.3. The predicted molar refractivity (Wildman–Crippen MR) is 111 cm³/mol. The van der Waals surface area contributed by atoms with E-state index >= 15 is 0 Å². The number of nitrogens with zero attached hydrogens (tertiary/aromatic N) is 2. The summed E-state index contributed by atoms with van der Waals surface area (Å²) in [5.74, 6) is 1.50. The first-order valence-electron chi connectivity index (χ1n) is 9.76. The van der Waals surface area contributed by atoms with Gasteiger partial charge in [0, 0.05) is 24.2 Å². The van der Waals surface area contributed by atoms with Gasteiger partial charge in [0.25, 0.3) is 0 Å². The van der Waals surface area contributed by atoms with Gasteiger partial charge in [0.2, 0.25) is 6.79 Å². The zero-order valence-corrected chi connectivity index (χ0v) is 16.8. The molecule has 2 aromatic carbocycles. The standard InChI is InChI=1S/C23H26N2O4/c1-16-3-6-19-9-17(4-7-21(19)24-16)11-25(2)12-20(26)14-27-13-18-5-8-22-23(10-18)29-15-28-22/h3-10,20,26H,11-15H2,1-2H3. The minimum Gasteiger partial charge on any atom is -0.454 e. The summed E-state index contributed by atoms with van der Waals surface area (Å²) in [5, 5.41) is 11.4. The van der Waals surface area contributed by atoms with Gasteiger partial charge in [-0.3, -0.25) is 9.88 Å². The molecule has 3 aromatic rings. The number of likely N-dealkylation sites (N-methyl/N-ethyl adjacent to an activating group) is 1. The molecule has 1 atom stereocenters. The Bertz CT molecular complexity index is 992. The highest BCUT2D eigenvalue weighted by Crippen LogP contribution is 2.32. The van der Waals surface area contributed by atoms with Crippen molar-refractivity contribution < 1.29 is 19.3 Å². The zero-order valence-electron chi connectivity index (χ0n) is 16.8. The molecule has 1 unspecified atom stereocenters. The Morgan fingerprint density at radius 3 is 2.79 bits per heavy atom. The smallest absolute Gasteiger partial charge is 0.231 e. The molecule has 0 saturated heterocycles. The highest BCUT2D eigenvalue weighted by Gasteiger charge is 2.14. The van der Waals surface area contributed by atoms with Crippen molar-refractivity contribution in [3.05, 3.63) is 65.4 Å². The maximum atomic E-state index is 10.3. The van der Waals surface area contributed by atoms with Crippen molar-refractivity contribution in [2.24, 2.45) is 0 Å². The quantitative estimate of drug-likeness (QED) is 0.633. The topological polar surface area (TPSA) is 64.1 Å². The number of fused-ring (bicyclic) bond motifs is 2. The van der Waals surface area contributed by atoms with E-state index in [0.717, 1.165) is 40.2 Å². The highest BCUT2D eigenvalue weighted by molar-refractivity contribution is 5.79. The molecule has 0 saturated carbocycles. The van der Waals surface area contributed by atoms with Crippen molar-refractivity contribution >= 4 is 10.9 Å². The van der Waals surface area contributed by atoms with Gasteiger partial charge in [-0.15, -0.1) is 0 Å². The summed E-state index contributed by atoms with van der Waals surface area (Å²) in [6, 6.07) is 16.2. The van der Waals surface area contributed by atoms with Crippen LogP contribution in [-0.4, -0.2) is 48.1 Å². The van der Waals surface area contributed by atoms with E-state index in [4.69, 9.17) is 14.2 Å². The van der Waals surface area contributed by atoms with Crippen LogP contribution in [0.2, 0.25) is 0 Å². The molecule has 0 radical (unpaired) electrons.